The number of benzene rings is 2. The van der Waals surface area contributed by atoms with Gasteiger partial charge in [0.05, 0.1) is 10.9 Å². The van der Waals surface area contributed by atoms with Crippen LogP contribution < -0.4 is 10.9 Å². The van der Waals surface area contributed by atoms with Gasteiger partial charge in [-0.15, -0.1) is 0 Å². The molecule has 5 nitrogen and oxygen atoms in total. The zero-order valence-electron chi connectivity index (χ0n) is 14.2. The summed E-state index contributed by atoms with van der Waals surface area (Å²) >= 11 is 0. The molecule has 25 heavy (non-hydrogen) atoms. The second kappa shape index (κ2) is 7.75. The Morgan fingerprint density at radius 2 is 1.80 bits per heavy atom. The fourth-order valence-corrected chi connectivity index (χ4v) is 2.83. The minimum atomic E-state index is -0.178. The molecule has 0 saturated heterocycles. The van der Waals surface area contributed by atoms with Gasteiger partial charge in [-0.25, -0.2) is 4.98 Å². The van der Waals surface area contributed by atoms with Crippen LogP contribution >= 0.6 is 0 Å². The molecule has 0 spiro atoms. The molecule has 0 aliphatic carbocycles. The van der Waals surface area contributed by atoms with Crippen molar-refractivity contribution in [3.05, 3.63) is 76.3 Å². The number of nitrogens with one attached hydrogen (secondary N) is 1. The van der Waals surface area contributed by atoms with Crippen molar-refractivity contribution in [2.45, 2.75) is 26.3 Å². The maximum absolute atomic E-state index is 12.5. The topological polar surface area (TPSA) is 64.0 Å². The minimum Gasteiger partial charge on any atom is -0.355 e. The van der Waals surface area contributed by atoms with E-state index in [4.69, 9.17) is 0 Å². The van der Waals surface area contributed by atoms with Crippen LogP contribution in [0.2, 0.25) is 0 Å². The van der Waals surface area contributed by atoms with E-state index in [1.165, 1.54) is 10.1 Å². The first kappa shape index (κ1) is 16.9. The molecular formula is C20H21N3O2. The third-order valence-corrected chi connectivity index (χ3v) is 4.16. The average Bonchev–Trinajstić information content (AvgIpc) is 2.63. The first-order chi connectivity index (χ1) is 12.1. The molecule has 0 aliphatic rings. The van der Waals surface area contributed by atoms with E-state index in [1.54, 1.807) is 25.1 Å². The summed E-state index contributed by atoms with van der Waals surface area (Å²) in [5.41, 5.74) is 1.73. The van der Waals surface area contributed by atoms with E-state index in [9.17, 15) is 9.59 Å². The molecule has 0 unspecified atom stereocenters. The van der Waals surface area contributed by atoms with Gasteiger partial charge in [0.2, 0.25) is 5.91 Å². The molecule has 5 heteroatoms. The molecular weight excluding hydrogens is 314 g/mol. The van der Waals surface area contributed by atoms with Gasteiger partial charge in [-0.05, 0) is 37.5 Å². The molecule has 3 aromatic rings. The number of rotatable bonds is 6. The van der Waals surface area contributed by atoms with Crippen LogP contribution in [-0.2, 0) is 17.8 Å². The van der Waals surface area contributed by atoms with Crippen molar-refractivity contribution < 1.29 is 4.79 Å². The maximum atomic E-state index is 12.5. The fraction of sp³-hybridized carbons (Fsp3) is 0.250. The Hall–Kier alpha value is -2.95. The molecule has 1 heterocycles. The van der Waals surface area contributed by atoms with Gasteiger partial charge in [0, 0.05) is 6.54 Å². The number of aromatic nitrogens is 2. The number of amides is 1. The third kappa shape index (κ3) is 4.12. The van der Waals surface area contributed by atoms with Crippen LogP contribution in [0.5, 0.6) is 0 Å². The maximum Gasteiger partial charge on any atom is 0.261 e. The number of fused-ring (bicyclic) bond motifs is 1. The summed E-state index contributed by atoms with van der Waals surface area (Å²) in [6.07, 6.45) is 1.78. The summed E-state index contributed by atoms with van der Waals surface area (Å²) in [5, 5.41) is 3.41. The van der Waals surface area contributed by atoms with Crippen molar-refractivity contribution in [2.75, 3.05) is 6.54 Å². The van der Waals surface area contributed by atoms with E-state index in [0.717, 1.165) is 12.8 Å². The number of hydrogen-bond acceptors (Lipinski definition) is 3. The highest BCUT2D eigenvalue weighted by Gasteiger charge is 2.10. The summed E-state index contributed by atoms with van der Waals surface area (Å²) in [6.45, 7) is 2.33. The van der Waals surface area contributed by atoms with Gasteiger partial charge in [0.1, 0.15) is 12.4 Å². The molecule has 0 radical (unpaired) electrons. The predicted octanol–water partition coefficient (Wildman–Crippen LogP) is 2.45. The molecule has 0 saturated carbocycles. The average molecular weight is 335 g/mol. The second-order valence-electron chi connectivity index (χ2n) is 6.01. The number of para-hydroxylation sites is 1. The van der Waals surface area contributed by atoms with Crippen molar-refractivity contribution in [2.24, 2.45) is 0 Å². The van der Waals surface area contributed by atoms with Crippen LogP contribution in [0.4, 0.5) is 0 Å². The number of carbonyl (C=O) groups is 1. The Morgan fingerprint density at radius 1 is 1.08 bits per heavy atom. The molecule has 0 aliphatic heterocycles. The lowest BCUT2D eigenvalue weighted by Gasteiger charge is -2.11. The largest absolute Gasteiger partial charge is 0.355 e. The quantitative estimate of drug-likeness (QED) is 0.704. The molecule has 0 fully saturated rings. The van der Waals surface area contributed by atoms with E-state index >= 15 is 0 Å². The molecule has 3 rings (SSSR count). The Bertz CT molecular complexity index is 933. The second-order valence-corrected chi connectivity index (χ2v) is 6.01. The van der Waals surface area contributed by atoms with Gasteiger partial charge in [0.15, 0.2) is 0 Å². The lowest BCUT2D eigenvalue weighted by Crippen LogP contribution is -2.34. The molecule has 1 N–H and O–H groups in total. The molecule has 1 amide bonds. The van der Waals surface area contributed by atoms with E-state index < -0.39 is 0 Å². The minimum absolute atomic E-state index is 0.00611. The summed E-state index contributed by atoms with van der Waals surface area (Å²) < 4.78 is 1.43. The number of aryl methyl sites for hydroxylation is 2. The van der Waals surface area contributed by atoms with Gasteiger partial charge in [-0.1, -0.05) is 42.5 Å². The number of hydrogen-bond donors (Lipinski definition) is 1. The highest BCUT2D eigenvalue weighted by atomic mass is 16.2. The molecule has 0 bridgehead atoms. The highest BCUT2D eigenvalue weighted by molar-refractivity contribution is 5.79. The SMILES string of the molecule is Cc1nc2ccccc2c(=O)n1CC(=O)NCCCc1ccccc1. The molecule has 1 aromatic heterocycles. The van der Waals surface area contributed by atoms with Crippen LogP contribution in [0.15, 0.2) is 59.4 Å². The standard InChI is InChI=1S/C20H21N3O2/c1-15-22-18-12-6-5-11-17(18)20(25)23(15)14-19(24)21-13-7-10-16-8-3-2-4-9-16/h2-6,8-9,11-12H,7,10,13-14H2,1H3,(H,21,24). The van der Waals surface area contributed by atoms with Crippen LogP contribution in [0, 0.1) is 6.92 Å². The van der Waals surface area contributed by atoms with Crippen LogP contribution in [0.25, 0.3) is 10.9 Å². The Balaban J connectivity index is 1.59. The smallest absolute Gasteiger partial charge is 0.261 e. The highest BCUT2D eigenvalue weighted by Crippen LogP contribution is 2.07. The lowest BCUT2D eigenvalue weighted by atomic mass is 10.1. The first-order valence-corrected chi connectivity index (χ1v) is 8.42. The van der Waals surface area contributed by atoms with Crippen LogP contribution in [-0.4, -0.2) is 22.0 Å². The van der Waals surface area contributed by atoms with Gasteiger partial charge >= 0.3 is 0 Å². The van der Waals surface area contributed by atoms with Crippen molar-refractivity contribution in [3.8, 4) is 0 Å². The van der Waals surface area contributed by atoms with E-state index in [1.807, 2.05) is 24.3 Å². The molecule has 0 atom stereocenters. The first-order valence-electron chi connectivity index (χ1n) is 8.42. The summed E-state index contributed by atoms with van der Waals surface area (Å²) in [5.74, 6) is 0.374. The summed E-state index contributed by atoms with van der Waals surface area (Å²) in [6, 6.07) is 17.3. The third-order valence-electron chi connectivity index (χ3n) is 4.16. The monoisotopic (exact) mass is 335 g/mol. The predicted molar refractivity (Wildman–Crippen MR) is 98.5 cm³/mol. The van der Waals surface area contributed by atoms with E-state index in [0.29, 0.717) is 23.3 Å². The Morgan fingerprint density at radius 3 is 2.60 bits per heavy atom. The number of carbonyl (C=O) groups excluding carboxylic acids is 1. The van der Waals surface area contributed by atoms with Crippen molar-refractivity contribution in [1.29, 1.82) is 0 Å². The molecule has 128 valence electrons. The summed E-state index contributed by atoms with van der Waals surface area (Å²) in [7, 11) is 0. The van der Waals surface area contributed by atoms with Crippen molar-refractivity contribution in [1.82, 2.24) is 14.9 Å². The van der Waals surface area contributed by atoms with Gasteiger partial charge in [-0.3, -0.25) is 14.2 Å². The van der Waals surface area contributed by atoms with Gasteiger partial charge in [-0.2, -0.15) is 0 Å². The van der Waals surface area contributed by atoms with Gasteiger partial charge < -0.3 is 5.32 Å². The van der Waals surface area contributed by atoms with Crippen molar-refractivity contribution >= 4 is 16.8 Å². The molecule has 2 aromatic carbocycles. The number of nitrogens with zero attached hydrogens (tertiary/aromatic N) is 2. The lowest BCUT2D eigenvalue weighted by molar-refractivity contribution is -0.121. The Kier molecular flexibility index (Phi) is 5.23. The zero-order chi connectivity index (χ0) is 17.6. The van der Waals surface area contributed by atoms with Crippen LogP contribution in [0.3, 0.4) is 0 Å². The zero-order valence-corrected chi connectivity index (χ0v) is 14.2. The Labute approximate surface area is 146 Å². The van der Waals surface area contributed by atoms with Gasteiger partial charge in [0.25, 0.3) is 5.56 Å². The fourth-order valence-electron chi connectivity index (χ4n) is 2.83. The van der Waals surface area contributed by atoms with E-state index in [-0.39, 0.29) is 18.0 Å². The normalized spacial score (nSPS) is 10.8. The van der Waals surface area contributed by atoms with Crippen LogP contribution in [0.1, 0.15) is 17.8 Å². The summed E-state index contributed by atoms with van der Waals surface area (Å²) in [4.78, 5) is 29.1. The van der Waals surface area contributed by atoms with E-state index in [2.05, 4.69) is 22.4 Å². The van der Waals surface area contributed by atoms with Crippen molar-refractivity contribution in [3.63, 3.8) is 0 Å².